The number of nitrogens with one attached hydrogen (secondary N) is 1. The van der Waals surface area contributed by atoms with Gasteiger partial charge in [0.1, 0.15) is 0 Å². The van der Waals surface area contributed by atoms with Crippen LogP contribution in [0.4, 0.5) is 0 Å². The van der Waals surface area contributed by atoms with Gasteiger partial charge >= 0.3 is 0 Å². The number of fused-ring (bicyclic) bond motifs is 1. The molecule has 1 heterocycles. The van der Waals surface area contributed by atoms with Crippen LogP contribution in [-0.2, 0) is 0 Å². The van der Waals surface area contributed by atoms with Crippen molar-refractivity contribution in [2.45, 2.75) is 0 Å². The second kappa shape index (κ2) is 10.1. The van der Waals surface area contributed by atoms with Gasteiger partial charge in [0.2, 0.25) is 0 Å². The fraction of sp³-hybridized carbons (Fsp3) is 0.0690. The Bertz CT molecular complexity index is 1560. The zero-order valence-electron chi connectivity index (χ0n) is 19.9. The van der Waals surface area contributed by atoms with E-state index in [9.17, 15) is 4.79 Å². The van der Waals surface area contributed by atoms with E-state index < -0.39 is 5.91 Å². The Hall–Kier alpha value is -4.91. The zero-order valence-corrected chi connectivity index (χ0v) is 19.9. The van der Waals surface area contributed by atoms with Gasteiger partial charge in [0, 0.05) is 5.56 Å². The molecule has 4 aromatic carbocycles. The molecule has 0 saturated carbocycles. The molecule has 0 saturated heterocycles. The van der Waals surface area contributed by atoms with E-state index in [1.807, 2.05) is 54.6 Å². The number of hydrogen-bond acceptors (Lipinski definition) is 5. The minimum atomic E-state index is -0.413. The molecule has 0 atom stereocenters. The smallest absolute Gasteiger partial charge is 0.291 e. The Balaban J connectivity index is 1.45. The van der Waals surface area contributed by atoms with Gasteiger partial charge in [0.05, 0.1) is 31.8 Å². The summed E-state index contributed by atoms with van der Waals surface area (Å²) in [6, 6.07) is 31.2. The first-order chi connectivity index (χ1) is 17.7. The number of rotatable bonds is 7. The summed E-state index contributed by atoms with van der Waals surface area (Å²) in [6.07, 6.45) is 1.54. The van der Waals surface area contributed by atoms with Crippen LogP contribution in [0.3, 0.4) is 0 Å². The Labute approximate surface area is 208 Å². The number of hydrogen-bond donors (Lipinski definition) is 1. The van der Waals surface area contributed by atoms with Gasteiger partial charge in [-0.1, -0.05) is 54.6 Å². The van der Waals surface area contributed by atoms with Crippen molar-refractivity contribution in [2.24, 2.45) is 5.10 Å². The Morgan fingerprint density at radius 1 is 0.833 bits per heavy atom. The number of aromatic nitrogens is 2. The topological polar surface area (TPSA) is 77.7 Å². The third kappa shape index (κ3) is 4.67. The summed E-state index contributed by atoms with van der Waals surface area (Å²) in [5, 5.41) is 11.0. The normalized spacial score (nSPS) is 11.1. The molecule has 0 fully saturated rings. The minimum Gasteiger partial charge on any atom is -0.493 e. The van der Waals surface area contributed by atoms with Crippen molar-refractivity contribution >= 4 is 22.9 Å². The fourth-order valence-electron chi connectivity index (χ4n) is 3.97. The van der Waals surface area contributed by atoms with Gasteiger partial charge in [-0.05, 0) is 58.8 Å². The number of hydrazone groups is 1. The van der Waals surface area contributed by atoms with Crippen molar-refractivity contribution in [2.75, 3.05) is 14.2 Å². The van der Waals surface area contributed by atoms with Crippen molar-refractivity contribution in [3.63, 3.8) is 0 Å². The number of carbonyl (C=O) groups excluding carboxylic acids is 1. The van der Waals surface area contributed by atoms with Gasteiger partial charge in [-0.2, -0.15) is 10.2 Å². The molecule has 178 valence electrons. The average Bonchev–Trinajstić information content (AvgIpc) is 3.39. The molecule has 0 spiro atoms. The minimum absolute atomic E-state index is 0.256. The summed E-state index contributed by atoms with van der Waals surface area (Å²) in [5.41, 5.74) is 6.19. The first-order valence-electron chi connectivity index (χ1n) is 11.4. The summed E-state index contributed by atoms with van der Waals surface area (Å²) >= 11 is 0. The monoisotopic (exact) mass is 476 g/mol. The highest BCUT2D eigenvalue weighted by atomic mass is 16.5. The lowest BCUT2D eigenvalue weighted by Gasteiger charge is -2.08. The lowest BCUT2D eigenvalue weighted by molar-refractivity contribution is 0.0949. The summed E-state index contributed by atoms with van der Waals surface area (Å²) in [4.78, 5) is 13.0. The maximum absolute atomic E-state index is 13.0. The molecule has 0 radical (unpaired) electrons. The van der Waals surface area contributed by atoms with Gasteiger partial charge in [-0.3, -0.25) is 4.79 Å². The summed E-state index contributed by atoms with van der Waals surface area (Å²) in [6.45, 7) is 0. The van der Waals surface area contributed by atoms with Crippen LogP contribution < -0.4 is 14.9 Å². The standard InChI is InChI=1S/C29H24N4O3/c1-35-27-15-12-20(16-28(27)36-2)19-30-31-29(34)25-18-26(33(32-25)24-10-4-3-5-11-24)23-14-13-21-8-6-7-9-22(21)17-23/h3-19H,1-2H3,(H,31,34)/b30-19-. The quantitative estimate of drug-likeness (QED) is 0.249. The number of para-hydroxylation sites is 1. The van der Waals surface area contributed by atoms with Gasteiger partial charge in [0.15, 0.2) is 17.2 Å². The molecule has 0 bridgehead atoms. The van der Waals surface area contributed by atoms with Crippen LogP contribution in [0.25, 0.3) is 27.7 Å². The number of amides is 1. The van der Waals surface area contributed by atoms with E-state index in [0.29, 0.717) is 11.5 Å². The number of nitrogens with zero attached hydrogens (tertiary/aromatic N) is 3. The van der Waals surface area contributed by atoms with Crippen LogP contribution in [0.2, 0.25) is 0 Å². The summed E-state index contributed by atoms with van der Waals surface area (Å²) in [5.74, 6) is 0.782. The van der Waals surface area contributed by atoms with Gasteiger partial charge < -0.3 is 9.47 Å². The molecule has 36 heavy (non-hydrogen) atoms. The molecule has 0 aliphatic rings. The molecule has 5 aromatic rings. The SMILES string of the molecule is COc1ccc(/C=N\NC(=O)c2cc(-c3ccc4ccccc4c3)n(-c3ccccc3)n2)cc1OC. The summed E-state index contributed by atoms with van der Waals surface area (Å²) in [7, 11) is 3.14. The van der Waals surface area contributed by atoms with Crippen LogP contribution in [0.5, 0.6) is 11.5 Å². The highest BCUT2D eigenvalue weighted by Crippen LogP contribution is 2.28. The molecule has 0 aliphatic carbocycles. The predicted molar refractivity (Wildman–Crippen MR) is 141 cm³/mol. The Morgan fingerprint density at radius 3 is 2.36 bits per heavy atom. The second-order valence-corrected chi connectivity index (χ2v) is 8.04. The molecular formula is C29H24N4O3. The van der Waals surface area contributed by atoms with Crippen molar-refractivity contribution in [1.29, 1.82) is 0 Å². The Kier molecular flexibility index (Phi) is 6.44. The molecule has 5 rings (SSSR count). The lowest BCUT2D eigenvalue weighted by atomic mass is 10.0. The molecule has 0 aliphatic heterocycles. The van der Waals surface area contributed by atoms with E-state index in [4.69, 9.17) is 9.47 Å². The van der Waals surface area contributed by atoms with Crippen molar-refractivity contribution in [3.8, 4) is 28.4 Å². The zero-order chi connectivity index (χ0) is 24.9. The summed E-state index contributed by atoms with van der Waals surface area (Å²) < 4.78 is 12.3. The molecule has 7 nitrogen and oxygen atoms in total. The molecule has 1 aromatic heterocycles. The third-order valence-corrected chi connectivity index (χ3v) is 5.78. The maximum atomic E-state index is 13.0. The highest BCUT2D eigenvalue weighted by Gasteiger charge is 2.17. The van der Waals surface area contributed by atoms with E-state index in [-0.39, 0.29) is 5.69 Å². The molecular weight excluding hydrogens is 452 g/mol. The van der Waals surface area contributed by atoms with Crippen LogP contribution in [0.1, 0.15) is 16.1 Å². The molecule has 0 unspecified atom stereocenters. The largest absolute Gasteiger partial charge is 0.493 e. The third-order valence-electron chi connectivity index (χ3n) is 5.78. The maximum Gasteiger partial charge on any atom is 0.291 e. The van der Waals surface area contributed by atoms with Crippen molar-refractivity contribution < 1.29 is 14.3 Å². The first-order valence-corrected chi connectivity index (χ1v) is 11.4. The Morgan fingerprint density at radius 2 is 1.58 bits per heavy atom. The average molecular weight is 477 g/mol. The highest BCUT2D eigenvalue weighted by molar-refractivity contribution is 5.95. The fourth-order valence-corrected chi connectivity index (χ4v) is 3.97. The number of methoxy groups -OCH3 is 2. The van der Waals surface area contributed by atoms with E-state index in [2.05, 4.69) is 39.9 Å². The predicted octanol–water partition coefficient (Wildman–Crippen LogP) is 5.47. The molecule has 1 N–H and O–H groups in total. The molecule has 1 amide bonds. The number of benzene rings is 4. The van der Waals surface area contributed by atoms with Gasteiger partial charge in [-0.25, -0.2) is 10.1 Å². The van der Waals surface area contributed by atoms with Crippen molar-refractivity contribution in [1.82, 2.24) is 15.2 Å². The van der Waals surface area contributed by atoms with Crippen LogP contribution in [0.15, 0.2) is 102 Å². The van der Waals surface area contributed by atoms with E-state index in [1.165, 1.54) is 6.21 Å². The molecule has 7 heteroatoms. The second-order valence-electron chi connectivity index (χ2n) is 8.04. The van der Waals surface area contributed by atoms with Crippen LogP contribution in [-0.4, -0.2) is 36.1 Å². The first kappa shape index (κ1) is 22.9. The van der Waals surface area contributed by atoms with Crippen molar-refractivity contribution in [3.05, 3.63) is 108 Å². The number of carbonyl (C=O) groups is 1. The van der Waals surface area contributed by atoms with E-state index >= 15 is 0 Å². The van der Waals surface area contributed by atoms with E-state index in [0.717, 1.165) is 33.3 Å². The van der Waals surface area contributed by atoms with Crippen LogP contribution >= 0.6 is 0 Å². The van der Waals surface area contributed by atoms with Crippen LogP contribution in [0, 0.1) is 0 Å². The van der Waals surface area contributed by atoms with Gasteiger partial charge in [-0.15, -0.1) is 0 Å². The number of ether oxygens (including phenoxy) is 2. The van der Waals surface area contributed by atoms with Gasteiger partial charge in [0.25, 0.3) is 5.91 Å². The van der Waals surface area contributed by atoms with E-state index in [1.54, 1.807) is 37.1 Å². The lowest BCUT2D eigenvalue weighted by Crippen LogP contribution is -2.18.